The molecule has 0 aliphatic rings. The third-order valence-corrected chi connectivity index (χ3v) is 12.1. The van der Waals surface area contributed by atoms with Crippen LogP contribution in [0.4, 0.5) is 0 Å². The van der Waals surface area contributed by atoms with Gasteiger partial charge in [0.25, 0.3) is 0 Å². The maximum atomic E-state index is 11.1. The minimum Gasteiger partial charge on any atom is -0.506 e. The van der Waals surface area contributed by atoms with Crippen LogP contribution in [-0.2, 0) is 22.9 Å². The standard InChI is InChI=1S/C22H29N3O.C17H19N3O2.C13H11N3O/c1-7-21(3,4)15-13-16(22(5,6)8-2)20(26)19(14-15)25-23-17-11-9-10-12-18(17)24-25;1-17(2,3)12-8-11(10-21)9-15(16(12)22)20-18-13-6-4-5-7-14(13)19-20;1-9-6-7-13(17)12(8-9)16-14-10-4-2-3-5-11(10)15-16/h9-14,26H,7-8H2,1-6H3;4-9,21-22H,10H2,1-3H3;2-8,17H,1H3. The molecule has 13 nitrogen and oxygen atoms in total. The molecular weight excluding hydrogens is 815 g/mol. The maximum Gasteiger partial charge on any atom is 0.146 e. The molecule has 0 saturated heterocycles. The fourth-order valence-corrected chi connectivity index (χ4v) is 7.26. The van der Waals surface area contributed by atoms with Gasteiger partial charge in [-0.25, -0.2) is 0 Å². The minimum atomic E-state index is -0.253. The van der Waals surface area contributed by atoms with Crippen molar-refractivity contribution < 1.29 is 20.4 Å². The average Bonchev–Trinajstić information content (AvgIpc) is 4.04. The van der Waals surface area contributed by atoms with Gasteiger partial charge in [-0.15, -0.1) is 45.0 Å². The number of aliphatic hydroxyl groups excluding tert-OH is 1. The van der Waals surface area contributed by atoms with Crippen molar-refractivity contribution in [3.05, 3.63) is 143 Å². The highest BCUT2D eigenvalue weighted by Gasteiger charge is 2.29. The first-order valence-corrected chi connectivity index (χ1v) is 22.0. The number of aliphatic hydroxyl groups is 1. The number of aryl methyl sites for hydroxylation is 1. The number of fused-ring (bicyclic) bond motifs is 3. The van der Waals surface area contributed by atoms with E-state index in [0.717, 1.165) is 68.2 Å². The molecule has 0 unspecified atom stereocenters. The first kappa shape index (κ1) is 45.9. The van der Waals surface area contributed by atoms with Crippen LogP contribution in [0.5, 0.6) is 17.2 Å². The van der Waals surface area contributed by atoms with Crippen LogP contribution >= 0.6 is 0 Å². The van der Waals surface area contributed by atoms with Crippen molar-refractivity contribution in [3.8, 4) is 34.3 Å². The van der Waals surface area contributed by atoms with Gasteiger partial charge >= 0.3 is 0 Å². The van der Waals surface area contributed by atoms with Crippen molar-refractivity contribution in [2.24, 2.45) is 0 Å². The van der Waals surface area contributed by atoms with Gasteiger partial charge in [0.2, 0.25) is 0 Å². The summed E-state index contributed by atoms with van der Waals surface area (Å²) in [6.45, 7) is 21.1. The molecule has 0 amide bonds. The fraction of sp³-hybridized carbons (Fsp3) is 0.308. The molecule has 0 fully saturated rings. The van der Waals surface area contributed by atoms with Gasteiger partial charge < -0.3 is 20.4 Å². The van der Waals surface area contributed by atoms with Crippen molar-refractivity contribution in [2.75, 3.05) is 0 Å². The molecule has 13 heteroatoms. The summed E-state index contributed by atoms with van der Waals surface area (Å²) in [5.74, 6) is 0.591. The summed E-state index contributed by atoms with van der Waals surface area (Å²) in [4.78, 5) is 4.46. The Morgan fingerprint density at radius 1 is 0.462 bits per heavy atom. The summed E-state index contributed by atoms with van der Waals surface area (Å²) in [6, 6.07) is 36.0. The van der Waals surface area contributed by atoms with E-state index in [2.05, 4.69) is 78.2 Å². The number of hydrogen-bond acceptors (Lipinski definition) is 10. The summed E-state index contributed by atoms with van der Waals surface area (Å²) < 4.78 is 0. The molecule has 9 aromatic rings. The number of aromatic hydroxyl groups is 3. The highest BCUT2D eigenvalue weighted by atomic mass is 16.3. The van der Waals surface area contributed by atoms with E-state index in [4.69, 9.17) is 0 Å². The first-order valence-electron chi connectivity index (χ1n) is 22.0. The first-order chi connectivity index (χ1) is 30.8. The quantitative estimate of drug-likeness (QED) is 0.115. The van der Waals surface area contributed by atoms with Crippen molar-refractivity contribution in [3.63, 3.8) is 0 Å². The zero-order chi connectivity index (χ0) is 46.8. The number of rotatable bonds is 8. The van der Waals surface area contributed by atoms with Crippen LogP contribution in [0, 0.1) is 6.92 Å². The molecule has 9 rings (SSSR count). The molecular formula is C52H59N9O4. The molecule has 0 bridgehead atoms. The largest absolute Gasteiger partial charge is 0.506 e. The van der Waals surface area contributed by atoms with Crippen LogP contribution in [0.25, 0.3) is 50.2 Å². The second-order valence-corrected chi connectivity index (χ2v) is 18.7. The number of nitrogens with zero attached hydrogens (tertiary/aromatic N) is 9. The van der Waals surface area contributed by atoms with E-state index in [1.807, 2.05) is 125 Å². The molecule has 4 N–H and O–H groups in total. The van der Waals surface area contributed by atoms with Crippen molar-refractivity contribution >= 4 is 33.1 Å². The Morgan fingerprint density at radius 3 is 1.26 bits per heavy atom. The van der Waals surface area contributed by atoms with Gasteiger partial charge in [-0.3, -0.25) is 0 Å². The van der Waals surface area contributed by atoms with Gasteiger partial charge in [0.05, 0.1) is 6.61 Å². The van der Waals surface area contributed by atoms with E-state index >= 15 is 0 Å². The molecule has 3 heterocycles. The second kappa shape index (κ2) is 18.2. The topological polar surface area (TPSA) is 173 Å². The Morgan fingerprint density at radius 2 is 0.862 bits per heavy atom. The monoisotopic (exact) mass is 873 g/mol. The predicted molar refractivity (Wildman–Crippen MR) is 258 cm³/mol. The Hall–Kier alpha value is -7.12. The number of aromatic nitrogens is 9. The Balaban J connectivity index is 0.000000148. The number of phenols is 3. The van der Waals surface area contributed by atoms with Crippen molar-refractivity contribution in [2.45, 2.75) is 105 Å². The maximum absolute atomic E-state index is 11.1. The lowest BCUT2D eigenvalue weighted by Gasteiger charge is -2.30. The molecule has 0 saturated carbocycles. The molecule has 0 radical (unpaired) electrons. The van der Waals surface area contributed by atoms with Gasteiger partial charge in [0.1, 0.15) is 67.4 Å². The normalized spacial score (nSPS) is 12.0. The molecule has 0 atom stereocenters. The van der Waals surface area contributed by atoms with Gasteiger partial charge in [0, 0.05) is 11.1 Å². The van der Waals surface area contributed by atoms with Crippen LogP contribution < -0.4 is 0 Å². The zero-order valence-corrected chi connectivity index (χ0v) is 38.9. The zero-order valence-electron chi connectivity index (χ0n) is 38.9. The van der Waals surface area contributed by atoms with Gasteiger partial charge in [0.15, 0.2) is 0 Å². The van der Waals surface area contributed by atoms with Gasteiger partial charge in [-0.05, 0) is 119 Å². The highest BCUT2D eigenvalue weighted by Crippen LogP contribution is 2.42. The van der Waals surface area contributed by atoms with E-state index in [-0.39, 0.29) is 40.1 Å². The Bertz CT molecular complexity index is 3020. The average molecular weight is 874 g/mol. The summed E-state index contributed by atoms with van der Waals surface area (Å²) in [7, 11) is 0. The highest BCUT2D eigenvalue weighted by molar-refractivity contribution is 5.75. The molecule has 336 valence electrons. The lowest BCUT2D eigenvalue weighted by Crippen LogP contribution is -2.21. The van der Waals surface area contributed by atoms with Crippen LogP contribution in [0.2, 0.25) is 0 Å². The van der Waals surface area contributed by atoms with E-state index in [0.29, 0.717) is 17.1 Å². The van der Waals surface area contributed by atoms with Gasteiger partial charge in [-0.2, -0.15) is 0 Å². The summed E-state index contributed by atoms with van der Waals surface area (Å²) in [5.41, 5.74) is 10.8. The summed E-state index contributed by atoms with van der Waals surface area (Å²) >= 11 is 0. The van der Waals surface area contributed by atoms with Crippen molar-refractivity contribution in [1.82, 2.24) is 45.0 Å². The van der Waals surface area contributed by atoms with Gasteiger partial charge in [-0.1, -0.05) is 111 Å². The Kier molecular flexibility index (Phi) is 12.8. The van der Waals surface area contributed by atoms with E-state index < -0.39 is 0 Å². The van der Waals surface area contributed by atoms with Crippen molar-refractivity contribution in [1.29, 1.82) is 0 Å². The van der Waals surface area contributed by atoms with Crippen LogP contribution in [0.15, 0.2) is 115 Å². The number of benzene rings is 6. The molecule has 0 aliphatic carbocycles. The van der Waals surface area contributed by atoms with E-state index in [1.165, 1.54) is 15.2 Å². The van der Waals surface area contributed by atoms with E-state index in [9.17, 15) is 20.4 Å². The van der Waals surface area contributed by atoms with Crippen LogP contribution in [0.3, 0.4) is 0 Å². The lowest BCUT2D eigenvalue weighted by molar-refractivity contribution is 0.281. The summed E-state index contributed by atoms with van der Waals surface area (Å²) in [5, 5.41) is 67.7. The van der Waals surface area contributed by atoms with Crippen LogP contribution in [-0.4, -0.2) is 65.4 Å². The number of hydrogen-bond donors (Lipinski definition) is 4. The molecule has 0 aliphatic heterocycles. The number of phenolic OH excluding ortho intramolecular Hbond substituents is 3. The Labute approximate surface area is 379 Å². The van der Waals surface area contributed by atoms with E-state index in [1.54, 1.807) is 16.9 Å². The third kappa shape index (κ3) is 9.70. The molecule has 65 heavy (non-hydrogen) atoms. The molecule has 3 aromatic heterocycles. The molecule has 0 spiro atoms. The smallest absolute Gasteiger partial charge is 0.146 e. The lowest BCUT2D eigenvalue weighted by atomic mass is 9.76. The SMILES string of the molecule is CC(C)(C)c1cc(CO)cc(-n2nc3ccccc3n2)c1O.CCC(C)(C)c1cc(-n2nc3ccccc3n2)c(O)c(C(C)(C)CC)c1.Cc1ccc(O)c(-n2nc3ccccc3n2)c1. The summed E-state index contributed by atoms with van der Waals surface area (Å²) in [6.07, 6.45) is 1.95. The van der Waals surface area contributed by atoms with Crippen LogP contribution in [0.1, 0.15) is 103 Å². The third-order valence-electron chi connectivity index (χ3n) is 12.1. The predicted octanol–water partition coefficient (Wildman–Crippen LogP) is 10.9. The fourth-order valence-electron chi connectivity index (χ4n) is 7.26. The second-order valence-electron chi connectivity index (χ2n) is 18.7. The minimum absolute atomic E-state index is 0.00754. The molecule has 6 aromatic carbocycles.